The van der Waals surface area contributed by atoms with E-state index in [0.717, 1.165) is 24.4 Å². The van der Waals surface area contributed by atoms with E-state index in [0.29, 0.717) is 25.6 Å². The van der Waals surface area contributed by atoms with Gasteiger partial charge in [-0.1, -0.05) is 6.58 Å². The second-order valence-corrected chi connectivity index (χ2v) is 6.95. The van der Waals surface area contributed by atoms with Crippen molar-refractivity contribution in [1.82, 2.24) is 4.98 Å². The van der Waals surface area contributed by atoms with E-state index < -0.39 is 23.4 Å². The number of carboxylic acid groups (broad SMARTS) is 1. The number of benzene rings is 1. The minimum Gasteiger partial charge on any atom is -0.478 e. The summed E-state index contributed by atoms with van der Waals surface area (Å²) in [5.74, 6) is -3.55. The van der Waals surface area contributed by atoms with E-state index in [9.17, 15) is 23.1 Å². The number of anilines is 3. The van der Waals surface area contributed by atoms with Crippen LogP contribution in [0.25, 0.3) is 5.57 Å². The van der Waals surface area contributed by atoms with Crippen LogP contribution < -0.4 is 15.5 Å². The van der Waals surface area contributed by atoms with Gasteiger partial charge in [0.25, 0.3) is 0 Å². The predicted molar refractivity (Wildman–Crippen MR) is 106 cm³/mol. The lowest BCUT2D eigenvalue weighted by atomic mass is 9.96. The Balaban J connectivity index is 0.00000256. The highest BCUT2D eigenvalue weighted by atomic mass is 19.1. The van der Waals surface area contributed by atoms with Crippen molar-refractivity contribution in [3.05, 3.63) is 65.6 Å². The molecule has 1 fully saturated rings. The maximum atomic E-state index is 14.8. The Hall–Kier alpha value is -3.37. The molecule has 10 heteroatoms. The van der Waals surface area contributed by atoms with E-state index in [2.05, 4.69) is 11.6 Å². The van der Waals surface area contributed by atoms with E-state index in [4.69, 9.17) is 5.73 Å². The van der Waals surface area contributed by atoms with Gasteiger partial charge in [0.1, 0.15) is 17.5 Å². The van der Waals surface area contributed by atoms with Gasteiger partial charge in [0.2, 0.25) is 0 Å². The Bertz CT molecular complexity index is 1070. The van der Waals surface area contributed by atoms with Crippen LogP contribution in [0, 0.1) is 17.5 Å². The van der Waals surface area contributed by atoms with E-state index in [1.54, 1.807) is 4.90 Å². The zero-order valence-electron chi connectivity index (χ0n) is 15.7. The molecule has 2 aliphatic heterocycles. The summed E-state index contributed by atoms with van der Waals surface area (Å²) in [6.07, 6.45) is 1.82. The molecule has 0 saturated carbocycles. The Morgan fingerprint density at radius 1 is 1.20 bits per heavy atom. The average molecular weight is 420 g/mol. The van der Waals surface area contributed by atoms with Gasteiger partial charge in [-0.2, -0.15) is 0 Å². The number of fused-ring (bicyclic) bond motifs is 1. The van der Waals surface area contributed by atoms with Gasteiger partial charge in [0.05, 0.1) is 11.3 Å². The summed E-state index contributed by atoms with van der Waals surface area (Å²) in [5.41, 5.74) is 5.68. The van der Waals surface area contributed by atoms with Crippen LogP contribution in [-0.2, 0) is 4.79 Å². The summed E-state index contributed by atoms with van der Waals surface area (Å²) in [5, 5.41) is 9.49. The maximum absolute atomic E-state index is 14.8. The molecule has 0 radical (unpaired) electrons. The molecule has 0 amide bonds. The molecule has 3 heterocycles. The lowest BCUT2D eigenvalue weighted by Crippen LogP contribution is -2.29. The fourth-order valence-electron chi connectivity index (χ4n) is 3.53. The molecule has 0 spiro atoms. The number of carboxylic acids is 1. The van der Waals surface area contributed by atoms with Crippen LogP contribution in [0.15, 0.2) is 42.6 Å². The lowest BCUT2D eigenvalue weighted by Gasteiger charge is -2.30. The number of nitrogens with zero attached hydrogens (tertiary/aromatic N) is 3. The normalized spacial score (nSPS) is 18.1. The van der Waals surface area contributed by atoms with Crippen molar-refractivity contribution in [2.24, 2.45) is 5.73 Å². The van der Waals surface area contributed by atoms with Crippen LogP contribution in [0.3, 0.4) is 0 Å². The molecule has 1 saturated heterocycles. The monoisotopic (exact) mass is 420 g/mol. The fourth-order valence-corrected chi connectivity index (χ4v) is 3.53. The Morgan fingerprint density at radius 3 is 2.53 bits per heavy atom. The molecule has 4 rings (SSSR count). The molecular weight excluding hydrogens is 401 g/mol. The number of pyridine rings is 1. The summed E-state index contributed by atoms with van der Waals surface area (Å²) < 4.78 is 42.7. The third-order valence-electron chi connectivity index (χ3n) is 5.00. The van der Waals surface area contributed by atoms with Gasteiger partial charge in [-0.3, -0.25) is 4.90 Å². The first-order valence-electron chi connectivity index (χ1n) is 8.86. The SMILES string of the molecule is C=C1C(C(=O)O)=CN(c2ccc(F)cc2F)c2nc(N3CCC(N)C3)c(F)cc21.O. The fraction of sp³-hybridized carbons (Fsp3) is 0.200. The molecular formula is C20H19F3N4O3. The number of aromatic nitrogens is 1. The summed E-state index contributed by atoms with van der Waals surface area (Å²) in [6.45, 7) is 4.65. The number of rotatable bonds is 3. The van der Waals surface area contributed by atoms with Gasteiger partial charge in [-0.05, 0) is 30.2 Å². The first-order chi connectivity index (χ1) is 13.8. The quantitative estimate of drug-likeness (QED) is 0.788. The number of carbonyl (C=O) groups is 1. The Labute approximate surface area is 169 Å². The number of hydrogen-bond donors (Lipinski definition) is 2. The van der Waals surface area contributed by atoms with Gasteiger partial charge in [0.15, 0.2) is 11.6 Å². The number of nitrogens with two attached hydrogens (primary N) is 1. The molecule has 1 atom stereocenters. The van der Waals surface area contributed by atoms with Crippen molar-refractivity contribution in [3.63, 3.8) is 0 Å². The van der Waals surface area contributed by atoms with E-state index >= 15 is 0 Å². The summed E-state index contributed by atoms with van der Waals surface area (Å²) >= 11 is 0. The average Bonchev–Trinajstić information content (AvgIpc) is 3.08. The first kappa shape index (κ1) is 21.3. The first-order valence-corrected chi connectivity index (χ1v) is 8.86. The predicted octanol–water partition coefficient (Wildman–Crippen LogP) is 2.35. The molecule has 158 valence electrons. The standard InChI is InChI=1S/C20H17F3N4O2.H2O/c1-10-13-7-16(23)19(26-5-4-12(24)8-26)25-18(13)27(9-14(10)20(28)29)17-3-2-11(21)6-15(17)22;/h2-3,6-7,9,12H,1,4-5,8,24H2,(H,28,29);1H2. The van der Waals surface area contributed by atoms with E-state index in [1.807, 2.05) is 0 Å². The number of halogens is 3. The van der Waals surface area contributed by atoms with Gasteiger partial charge >= 0.3 is 5.97 Å². The van der Waals surface area contributed by atoms with Crippen LogP contribution in [0.2, 0.25) is 0 Å². The zero-order valence-corrected chi connectivity index (χ0v) is 15.7. The third-order valence-corrected chi connectivity index (χ3v) is 5.00. The Morgan fingerprint density at radius 2 is 1.93 bits per heavy atom. The molecule has 0 bridgehead atoms. The summed E-state index contributed by atoms with van der Waals surface area (Å²) in [7, 11) is 0. The highest BCUT2D eigenvalue weighted by molar-refractivity contribution is 6.09. The van der Waals surface area contributed by atoms with Crippen LogP contribution in [0.1, 0.15) is 12.0 Å². The van der Waals surface area contributed by atoms with Crippen LogP contribution in [0.5, 0.6) is 0 Å². The van der Waals surface area contributed by atoms with Crippen molar-refractivity contribution < 1.29 is 28.5 Å². The van der Waals surface area contributed by atoms with Crippen molar-refractivity contribution in [2.75, 3.05) is 22.9 Å². The summed E-state index contributed by atoms with van der Waals surface area (Å²) in [6, 6.07) is 3.89. The van der Waals surface area contributed by atoms with Crippen molar-refractivity contribution in [2.45, 2.75) is 12.5 Å². The zero-order chi connectivity index (χ0) is 20.9. The molecule has 2 aliphatic rings. The van der Waals surface area contributed by atoms with Crippen molar-refractivity contribution in [1.29, 1.82) is 0 Å². The second-order valence-electron chi connectivity index (χ2n) is 6.95. The van der Waals surface area contributed by atoms with Gasteiger partial charge in [-0.15, -0.1) is 0 Å². The Kier molecular flexibility index (Phi) is 5.55. The smallest absolute Gasteiger partial charge is 0.337 e. The molecule has 30 heavy (non-hydrogen) atoms. The lowest BCUT2D eigenvalue weighted by molar-refractivity contribution is -0.132. The van der Waals surface area contributed by atoms with Gasteiger partial charge in [0, 0.05) is 37.0 Å². The van der Waals surface area contributed by atoms with Crippen LogP contribution in [0.4, 0.5) is 30.5 Å². The largest absolute Gasteiger partial charge is 0.478 e. The molecule has 1 aromatic carbocycles. The maximum Gasteiger partial charge on any atom is 0.337 e. The molecule has 2 aromatic rings. The van der Waals surface area contributed by atoms with Crippen molar-refractivity contribution in [3.8, 4) is 0 Å². The van der Waals surface area contributed by atoms with Crippen LogP contribution in [-0.4, -0.2) is 40.7 Å². The van der Waals surface area contributed by atoms with Gasteiger partial charge < -0.3 is 21.2 Å². The molecule has 0 aliphatic carbocycles. The van der Waals surface area contributed by atoms with E-state index in [1.165, 1.54) is 4.90 Å². The highest BCUT2D eigenvalue weighted by Gasteiger charge is 2.32. The number of aliphatic carboxylic acids is 1. The van der Waals surface area contributed by atoms with Crippen molar-refractivity contribution >= 4 is 28.9 Å². The highest BCUT2D eigenvalue weighted by Crippen LogP contribution is 2.42. The minimum absolute atomic E-state index is 0. The summed E-state index contributed by atoms with van der Waals surface area (Å²) in [4.78, 5) is 18.8. The molecule has 1 aromatic heterocycles. The third kappa shape index (κ3) is 3.51. The molecule has 5 N–H and O–H groups in total. The van der Waals surface area contributed by atoms with Gasteiger partial charge in [-0.25, -0.2) is 22.9 Å². The number of hydrogen-bond acceptors (Lipinski definition) is 5. The van der Waals surface area contributed by atoms with E-state index in [-0.39, 0.29) is 45.6 Å². The topological polar surface area (TPSA) is 114 Å². The molecule has 1 unspecified atom stereocenters. The van der Waals surface area contributed by atoms with Crippen LogP contribution >= 0.6 is 0 Å². The minimum atomic E-state index is -1.32. The second kappa shape index (κ2) is 7.81. The molecule has 7 nitrogen and oxygen atoms in total.